The largest absolute Gasteiger partial charge is 0.378 e. The van der Waals surface area contributed by atoms with Crippen LogP contribution >= 0.6 is 0 Å². The Kier molecular flexibility index (Phi) is 1.81. The number of rotatable bonds is 0. The molecule has 0 radical (unpaired) electrons. The van der Waals surface area contributed by atoms with Gasteiger partial charge in [-0.25, -0.2) is 0 Å². The monoisotopic (exact) mass is 172 g/mol. The van der Waals surface area contributed by atoms with E-state index in [9.17, 15) is 4.79 Å². The Morgan fingerprint density at radius 3 is 3.17 bits per heavy atom. The summed E-state index contributed by atoms with van der Waals surface area (Å²) >= 11 is 0. The van der Waals surface area contributed by atoms with Crippen LogP contribution in [0.25, 0.3) is 0 Å². The van der Waals surface area contributed by atoms with Gasteiger partial charge in [0.25, 0.3) is 0 Å². The van der Waals surface area contributed by atoms with Crippen LogP contribution in [0.4, 0.5) is 0 Å². The highest BCUT2D eigenvalue weighted by atomic mass is 16.5. The molecule has 2 fully saturated rings. The summed E-state index contributed by atoms with van der Waals surface area (Å²) in [6, 6.07) is 0. The van der Waals surface area contributed by atoms with E-state index >= 15 is 0 Å². The fourth-order valence-electron chi connectivity index (χ4n) is 1.90. The number of nitrogens with one attached hydrogen (secondary N) is 1. The molecular formula is C8H16N2O2. The Hall–Kier alpha value is -0.610. The van der Waals surface area contributed by atoms with Gasteiger partial charge in [0.1, 0.15) is 0 Å². The number of hydrogen-bond donors (Lipinski definition) is 1. The van der Waals surface area contributed by atoms with Crippen LogP contribution in [0.3, 0.4) is 0 Å². The molecule has 0 bridgehead atoms. The Labute approximate surface area is 73.4 Å². The molecule has 2 rings (SSSR count). The van der Waals surface area contributed by atoms with Gasteiger partial charge in [0, 0.05) is 14.5 Å². The van der Waals surface area contributed by atoms with Gasteiger partial charge in [0.05, 0.1) is 25.2 Å². The summed E-state index contributed by atoms with van der Waals surface area (Å²) in [5.74, 6) is 0.147. The van der Waals surface area contributed by atoms with Gasteiger partial charge in [-0.05, 0) is 7.05 Å². The van der Waals surface area contributed by atoms with E-state index in [1.54, 1.807) is 0 Å². The maximum absolute atomic E-state index is 10.8. The maximum Gasteiger partial charge on any atom is 0.223 e. The van der Waals surface area contributed by atoms with Crippen LogP contribution in [0, 0.1) is 0 Å². The molecule has 0 aromatic heterocycles. The minimum absolute atomic E-state index is 0. The molecule has 70 valence electrons. The average molecular weight is 172 g/mol. The Balaban J connectivity index is 0.000000845. The fourth-order valence-corrected chi connectivity index (χ4v) is 1.90. The molecule has 0 saturated carbocycles. The first-order valence-electron chi connectivity index (χ1n) is 4.28. The standard InChI is InChI=1S/C8H14N2O2.H2/c1-10-2-3-12-6-8(5-10)4-7(11)9-8;/h2-6H2,1H3,(H,9,11);1H/t8-;/m1./s1. The van der Waals surface area contributed by atoms with Crippen molar-refractivity contribution in [3.05, 3.63) is 0 Å². The van der Waals surface area contributed by atoms with E-state index in [4.69, 9.17) is 4.74 Å². The van der Waals surface area contributed by atoms with Gasteiger partial charge in [-0.1, -0.05) is 0 Å². The van der Waals surface area contributed by atoms with Crippen LogP contribution in [0.15, 0.2) is 0 Å². The van der Waals surface area contributed by atoms with Crippen molar-refractivity contribution in [3.8, 4) is 0 Å². The van der Waals surface area contributed by atoms with E-state index in [-0.39, 0.29) is 12.9 Å². The van der Waals surface area contributed by atoms with Gasteiger partial charge in [-0.3, -0.25) is 4.79 Å². The molecule has 4 heteroatoms. The maximum atomic E-state index is 10.8. The van der Waals surface area contributed by atoms with Crippen molar-refractivity contribution in [2.75, 3.05) is 33.4 Å². The van der Waals surface area contributed by atoms with Crippen LogP contribution in [0.1, 0.15) is 7.85 Å². The third-order valence-corrected chi connectivity index (χ3v) is 2.47. The molecule has 4 nitrogen and oxygen atoms in total. The lowest BCUT2D eigenvalue weighted by Gasteiger charge is -2.42. The summed E-state index contributed by atoms with van der Waals surface area (Å²) in [6.45, 7) is 3.31. The molecule has 1 amide bonds. The number of carbonyl (C=O) groups excluding carboxylic acids is 1. The third kappa shape index (κ3) is 1.32. The smallest absolute Gasteiger partial charge is 0.223 e. The fraction of sp³-hybridized carbons (Fsp3) is 0.875. The van der Waals surface area contributed by atoms with Crippen LogP contribution in [0.5, 0.6) is 0 Å². The SMILES string of the molecule is CN1CCOC[C@@]2(CC(=O)N2)C1.[HH]. The number of hydrogen-bond acceptors (Lipinski definition) is 3. The minimum atomic E-state index is -0.0671. The van der Waals surface area contributed by atoms with Crippen molar-refractivity contribution >= 4 is 5.91 Å². The highest BCUT2D eigenvalue weighted by Gasteiger charge is 2.44. The molecule has 2 saturated heterocycles. The molecule has 0 unspecified atom stereocenters. The Bertz CT molecular complexity index is 202. The summed E-state index contributed by atoms with van der Waals surface area (Å²) in [5.41, 5.74) is -0.0671. The van der Waals surface area contributed by atoms with Gasteiger partial charge in [0.2, 0.25) is 5.91 Å². The Morgan fingerprint density at radius 1 is 1.75 bits per heavy atom. The second-order valence-electron chi connectivity index (χ2n) is 3.80. The highest BCUT2D eigenvalue weighted by Crippen LogP contribution is 2.23. The lowest BCUT2D eigenvalue weighted by atomic mass is 9.87. The van der Waals surface area contributed by atoms with Gasteiger partial charge >= 0.3 is 0 Å². The first-order valence-corrected chi connectivity index (χ1v) is 4.28. The summed E-state index contributed by atoms with van der Waals surface area (Å²) in [7, 11) is 2.06. The van der Waals surface area contributed by atoms with E-state index in [1.165, 1.54) is 0 Å². The molecule has 12 heavy (non-hydrogen) atoms. The molecule has 1 spiro atoms. The lowest BCUT2D eigenvalue weighted by molar-refractivity contribution is -0.135. The molecule has 0 aromatic rings. The van der Waals surface area contributed by atoms with Gasteiger partial charge < -0.3 is 15.0 Å². The summed E-state index contributed by atoms with van der Waals surface area (Å²) in [4.78, 5) is 13.0. The first-order chi connectivity index (χ1) is 5.70. The van der Waals surface area contributed by atoms with E-state index in [0.29, 0.717) is 13.0 Å². The van der Waals surface area contributed by atoms with E-state index in [0.717, 1.165) is 19.7 Å². The van der Waals surface area contributed by atoms with Crippen molar-refractivity contribution < 1.29 is 11.0 Å². The zero-order chi connectivity index (χ0) is 8.60. The number of likely N-dealkylation sites (N-methyl/N-ethyl adjacent to an activating group) is 1. The number of ether oxygens (including phenoxy) is 1. The predicted molar refractivity (Wildman–Crippen MR) is 45.9 cm³/mol. The molecular weight excluding hydrogens is 156 g/mol. The molecule has 2 aliphatic rings. The highest BCUT2D eigenvalue weighted by molar-refractivity contribution is 5.84. The molecule has 0 aliphatic carbocycles. The summed E-state index contributed by atoms with van der Waals surface area (Å²) in [6.07, 6.45) is 0.622. The van der Waals surface area contributed by atoms with E-state index in [2.05, 4.69) is 17.3 Å². The van der Waals surface area contributed by atoms with Crippen molar-refractivity contribution in [1.29, 1.82) is 0 Å². The number of β-lactam (4-membered cyclic amide) rings is 1. The number of carbonyl (C=O) groups is 1. The topological polar surface area (TPSA) is 41.6 Å². The van der Waals surface area contributed by atoms with Crippen LogP contribution < -0.4 is 5.32 Å². The summed E-state index contributed by atoms with van der Waals surface area (Å²) < 4.78 is 5.41. The summed E-state index contributed by atoms with van der Waals surface area (Å²) in [5, 5.41) is 2.92. The van der Waals surface area contributed by atoms with Gasteiger partial charge in [-0.2, -0.15) is 0 Å². The second kappa shape index (κ2) is 2.71. The molecule has 1 atom stereocenters. The first kappa shape index (κ1) is 8.01. The number of nitrogens with zero attached hydrogens (tertiary/aromatic N) is 1. The molecule has 2 aliphatic heterocycles. The van der Waals surface area contributed by atoms with E-state index in [1.807, 2.05) is 0 Å². The van der Waals surface area contributed by atoms with Crippen molar-refractivity contribution in [2.45, 2.75) is 12.0 Å². The van der Waals surface area contributed by atoms with E-state index < -0.39 is 0 Å². The predicted octanol–water partition coefficient (Wildman–Crippen LogP) is -0.547. The average Bonchev–Trinajstić information content (AvgIpc) is 2.10. The third-order valence-electron chi connectivity index (χ3n) is 2.47. The zero-order valence-corrected chi connectivity index (χ0v) is 7.30. The minimum Gasteiger partial charge on any atom is -0.378 e. The van der Waals surface area contributed by atoms with Crippen molar-refractivity contribution in [2.24, 2.45) is 0 Å². The molecule has 0 aromatic carbocycles. The van der Waals surface area contributed by atoms with Gasteiger partial charge in [0.15, 0.2) is 0 Å². The van der Waals surface area contributed by atoms with Crippen LogP contribution in [0.2, 0.25) is 0 Å². The lowest BCUT2D eigenvalue weighted by Crippen LogP contribution is -2.67. The normalized spacial score (nSPS) is 37.2. The molecule has 2 heterocycles. The quantitative estimate of drug-likeness (QED) is 0.499. The zero-order valence-electron chi connectivity index (χ0n) is 7.30. The molecule has 1 N–H and O–H groups in total. The number of amides is 1. The Morgan fingerprint density at radius 2 is 2.50 bits per heavy atom. The van der Waals surface area contributed by atoms with Crippen LogP contribution in [-0.4, -0.2) is 49.7 Å². The van der Waals surface area contributed by atoms with Gasteiger partial charge in [-0.15, -0.1) is 0 Å². The van der Waals surface area contributed by atoms with Crippen molar-refractivity contribution in [3.63, 3.8) is 0 Å². The van der Waals surface area contributed by atoms with Crippen molar-refractivity contribution in [1.82, 2.24) is 10.2 Å². The van der Waals surface area contributed by atoms with Crippen LogP contribution in [-0.2, 0) is 9.53 Å². The second-order valence-corrected chi connectivity index (χ2v) is 3.80.